The van der Waals surface area contributed by atoms with Crippen LogP contribution in [0.25, 0.3) is 0 Å². The average molecular weight is 332 g/mol. The molecular formula is C18H24N2O2S. The second-order valence-electron chi connectivity index (χ2n) is 5.67. The van der Waals surface area contributed by atoms with E-state index in [1.54, 1.807) is 19.1 Å². The minimum atomic E-state index is -3.24. The Kier molecular flexibility index (Phi) is 5.80. The molecule has 5 heteroatoms. The van der Waals surface area contributed by atoms with Gasteiger partial charge in [0.25, 0.3) is 0 Å². The van der Waals surface area contributed by atoms with Gasteiger partial charge >= 0.3 is 0 Å². The lowest BCUT2D eigenvalue weighted by molar-refractivity contribution is 0.311. The van der Waals surface area contributed by atoms with Crippen LogP contribution >= 0.6 is 0 Å². The van der Waals surface area contributed by atoms with Gasteiger partial charge in [0, 0.05) is 6.54 Å². The highest BCUT2D eigenvalue weighted by Crippen LogP contribution is 2.24. The zero-order chi connectivity index (χ0) is 16.9. The summed E-state index contributed by atoms with van der Waals surface area (Å²) >= 11 is 0. The van der Waals surface area contributed by atoms with Crippen LogP contribution in [-0.2, 0) is 9.84 Å². The lowest BCUT2D eigenvalue weighted by Gasteiger charge is -2.26. The Morgan fingerprint density at radius 2 is 1.61 bits per heavy atom. The molecule has 0 saturated heterocycles. The second kappa shape index (κ2) is 7.62. The van der Waals surface area contributed by atoms with Crippen molar-refractivity contribution in [1.82, 2.24) is 4.90 Å². The Bertz CT molecular complexity index is 728. The van der Waals surface area contributed by atoms with E-state index in [1.165, 1.54) is 5.56 Å². The monoisotopic (exact) mass is 332 g/mol. The highest BCUT2D eigenvalue weighted by Gasteiger charge is 2.18. The van der Waals surface area contributed by atoms with Crippen molar-refractivity contribution in [3.63, 3.8) is 0 Å². The van der Waals surface area contributed by atoms with Crippen LogP contribution < -0.4 is 5.32 Å². The van der Waals surface area contributed by atoms with Gasteiger partial charge in [0.05, 0.1) is 22.4 Å². The van der Waals surface area contributed by atoms with Gasteiger partial charge < -0.3 is 10.2 Å². The van der Waals surface area contributed by atoms with Gasteiger partial charge in [-0.2, -0.15) is 0 Å². The van der Waals surface area contributed by atoms with Crippen molar-refractivity contribution in [2.75, 3.05) is 31.7 Å². The Morgan fingerprint density at radius 3 is 2.22 bits per heavy atom. The largest absolute Gasteiger partial charge is 0.382 e. The van der Waals surface area contributed by atoms with E-state index in [4.69, 9.17) is 0 Å². The van der Waals surface area contributed by atoms with Gasteiger partial charge in [0.15, 0.2) is 9.84 Å². The normalized spacial score (nSPS) is 13.0. The number of para-hydroxylation sites is 1. The molecule has 0 fully saturated rings. The summed E-state index contributed by atoms with van der Waals surface area (Å²) in [4.78, 5) is 2.49. The van der Waals surface area contributed by atoms with Crippen molar-refractivity contribution >= 4 is 15.5 Å². The Labute approximate surface area is 139 Å². The van der Waals surface area contributed by atoms with Crippen molar-refractivity contribution in [3.8, 4) is 0 Å². The van der Waals surface area contributed by atoms with Gasteiger partial charge in [-0.15, -0.1) is 0 Å². The lowest BCUT2D eigenvalue weighted by atomic mass is 10.1. The summed E-state index contributed by atoms with van der Waals surface area (Å²) in [5, 5.41) is 3.31. The molecule has 0 aliphatic carbocycles. The first kappa shape index (κ1) is 17.5. The number of benzene rings is 2. The van der Waals surface area contributed by atoms with Crippen molar-refractivity contribution in [2.24, 2.45) is 0 Å². The summed E-state index contributed by atoms with van der Waals surface area (Å²) in [6.45, 7) is 2.30. The van der Waals surface area contributed by atoms with Gasteiger partial charge in [0.2, 0.25) is 0 Å². The Balaban J connectivity index is 2.23. The first-order valence-corrected chi connectivity index (χ1v) is 9.38. The van der Waals surface area contributed by atoms with E-state index in [0.29, 0.717) is 17.1 Å². The molecule has 1 N–H and O–H groups in total. The highest BCUT2D eigenvalue weighted by molar-refractivity contribution is 7.91. The van der Waals surface area contributed by atoms with Gasteiger partial charge in [-0.1, -0.05) is 49.4 Å². The van der Waals surface area contributed by atoms with Crippen molar-refractivity contribution < 1.29 is 8.42 Å². The van der Waals surface area contributed by atoms with Crippen LogP contribution in [0.15, 0.2) is 59.5 Å². The first-order chi connectivity index (χ1) is 11.0. The molecule has 2 aromatic rings. The summed E-state index contributed by atoms with van der Waals surface area (Å²) < 4.78 is 24.4. The SMILES string of the molecule is CCS(=O)(=O)c1ccccc1NCC(c1ccccc1)N(C)C. The van der Waals surface area contributed by atoms with Crippen LogP contribution in [0, 0.1) is 0 Å². The van der Waals surface area contributed by atoms with Crippen LogP contribution in [0.4, 0.5) is 5.69 Å². The molecule has 0 bridgehead atoms. The van der Waals surface area contributed by atoms with Crippen LogP contribution in [-0.4, -0.2) is 39.7 Å². The number of sulfone groups is 1. The molecule has 0 saturated carbocycles. The van der Waals surface area contributed by atoms with Crippen molar-refractivity contribution in [2.45, 2.75) is 17.9 Å². The molecule has 0 amide bonds. The number of nitrogens with zero attached hydrogens (tertiary/aromatic N) is 1. The first-order valence-electron chi connectivity index (χ1n) is 7.72. The maximum absolute atomic E-state index is 12.2. The average Bonchev–Trinajstić information content (AvgIpc) is 2.56. The van der Waals surface area contributed by atoms with Crippen LogP contribution in [0.2, 0.25) is 0 Å². The van der Waals surface area contributed by atoms with E-state index in [9.17, 15) is 8.42 Å². The Morgan fingerprint density at radius 1 is 1.00 bits per heavy atom. The summed E-state index contributed by atoms with van der Waals surface area (Å²) in [6.07, 6.45) is 0. The minimum Gasteiger partial charge on any atom is -0.382 e. The van der Waals surface area contributed by atoms with Gasteiger partial charge in [-0.25, -0.2) is 8.42 Å². The number of anilines is 1. The smallest absolute Gasteiger partial charge is 0.180 e. The van der Waals surface area contributed by atoms with Gasteiger partial charge in [-0.3, -0.25) is 0 Å². The Hall–Kier alpha value is -1.85. The molecule has 2 aromatic carbocycles. The van der Waals surface area contributed by atoms with Gasteiger partial charge in [0.1, 0.15) is 0 Å². The quantitative estimate of drug-likeness (QED) is 0.846. The molecule has 4 nitrogen and oxygen atoms in total. The summed E-state index contributed by atoms with van der Waals surface area (Å²) in [6, 6.07) is 17.4. The number of likely N-dealkylation sites (N-methyl/N-ethyl adjacent to an activating group) is 1. The van der Waals surface area contributed by atoms with Crippen molar-refractivity contribution in [1.29, 1.82) is 0 Å². The van der Waals surface area contributed by atoms with Crippen LogP contribution in [0.3, 0.4) is 0 Å². The van der Waals surface area contributed by atoms with Crippen LogP contribution in [0.1, 0.15) is 18.5 Å². The predicted molar refractivity (Wildman–Crippen MR) is 95.5 cm³/mol. The standard InChI is InChI=1S/C18H24N2O2S/c1-4-23(21,22)18-13-9-8-12-16(18)19-14-17(20(2)3)15-10-6-5-7-11-15/h5-13,17,19H,4,14H2,1-3H3. The predicted octanol–water partition coefficient (Wildman–Crippen LogP) is 3.20. The second-order valence-corrected chi connectivity index (χ2v) is 7.92. The molecule has 1 unspecified atom stereocenters. The molecule has 0 aromatic heterocycles. The molecule has 0 heterocycles. The van der Waals surface area contributed by atoms with Crippen molar-refractivity contribution in [3.05, 3.63) is 60.2 Å². The molecule has 0 radical (unpaired) electrons. The van der Waals surface area contributed by atoms with E-state index in [1.807, 2.05) is 44.4 Å². The van der Waals surface area contributed by atoms with E-state index in [0.717, 1.165) is 0 Å². The molecule has 0 spiro atoms. The van der Waals surface area contributed by atoms with E-state index in [-0.39, 0.29) is 11.8 Å². The third-order valence-electron chi connectivity index (χ3n) is 3.90. The van der Waals surface area contributed by atoms with Crippen LogP contribution in [0.5, 0.6) is 0 Å². The maximum atomic E-state index is 12.2. The third-order valence-corrected chi connectivity index (χ3v) is 5.68. The lowest BCUT2D eigenvalue weighted by Crippen LogP contribution is -2.27. The fourth-order valence-electron chi connectivity index (χ4n) is 2.52. The molecular weight excluding hydrogens is 308 g/mol. The molecule has 124 valence electrons. The number of rotatable bonds is 7. The summed E-state index contributed by atoms with van der Waals surface area (Å²) in [5.74, 6) is 0.0987. The molecule has 1 atom stereocenters. The summed E-state index contributed by atoms with van der Waals surface area (Å²) in [7, 11) is 0.806. The van der Waals surface area contributed by atoms with E-state index in [2.05, 4.69) is 22.3 Å². The maximum Gasteiger partial charge on any atom is 0.180 e. The van der Waals surface area contributed by atoms with E-state index >= 15 is 0 Å². The topological polar surface area (TPSA) is 49.4 Å². The summed E-state index contributed by atoms with van der Waals surface area (Å²) in [5.41, 5.74) is 1.86. The zero-order valence-corrected chi connectivity index (χ0v) is 14.7. The number of hydrogen-bond acceptors (Lipinski definition) is 4. The third kappa shape index (κ3) is 4.33. The fraction of sp³-hybridized carbons (Fsp3) is 0.333. The highest BCUT2D eigenvalue weighted by atomic mass is 32.2. The molecule has 0 aliphatic rings. The molecule has 23 heavy (non-hydrogen) atoms. The molecule has 0 aliphatic heterocycles. The van der Waals surface area contributed by atoms with E-state index < -0.39 is 9.84 Å². The number of hydrogen-bond donors (Lipinski definition) is 1. The molecule has 2 rings (SSSR count). The van der Waals surface area contributed by atoms with Gasteiger partial charge in [-0.05, 0) is 31.8 Å². The minimum absolute atomic E-state index is 0.0987. The number of nitrogens with one attached hydrogen (secondary N) is 1. The zero-order valence-electron chi connectivity index (χ0n) is 13.9. The fourth-order valence-corrected chi connectivity index (χ4v) is 3.59.